The number of carbonyl (C=O) groups is 1. The zero-order valence-electron chi connectivity index (χ0n) is 7.89. The van der Waals surface area contributed by atoms with Crippen molar-refractivity contribution in [2.75, 3.05) is 6.54 Å². The van der Waals surface area contributed by atoms with Crippen LogP contribution in [0.2, 0.25) is 0 Å². The second-order valence-corrected chi connectivity index (χ2v) is 3.71. The quantitative estimate of drug-likeness (QED) is 0.639. The highest BCUT2D eigenvalue weighted by atomic mass is 16.1. The lowest BCUT2D eigenvalue weighted by Crippen LogP contribution is -2.14. The minimum absolute atomic E-state index is 0.138. The van der Waals surface area contributed by atoms with E-state index >= 15 is 0 Å². The van der Waals surface area contributed by atoms with E-state index in [1.54, 1.807) is 0 Å². The Balaban J connectivity index is 2.31. The number of carbonyl (C=O) groups excluding carboxylic acids is 1. The largest absolute Gasteiger partial charge is 0.352 e. The highest BCUT2D eigenvalue weighted by Crippen LogP contribution is 2.11. The maximum Gasteiger partial charge on any atom is 0.246 e. The van der Waals surface area contributed by atoms with Crippen molar-refractivity contribution in [2.45, 2.75) is 33.1 Å². The Labute approximate surface area is 74.0 Å². The first-order valence-electron chi connectivity index (χ1n) is 4.67. The first-order chi connectivity index (χ1) is 5.70. The Morgan fingerprint density at radius 1 is 1.58 bits per heavy atom. The van der Waals surface area contributed by atoms with Gasteiger partial charge in [-0.3, -0.25) is 4.79 Å². The van der Waals surface area contributed by atoms with Crippen LogP contribution in [0, 0.1) is 5.92 Å². The van der Waals surface area contributed by atoms with E-state index in [2.05, 4.69) is 25.2 Å². The van der Waals surface area contributed by atoms with E-state index in [-0.39, 0.29) is 5.91 Å². The van der Waals surface area contributed by atoms with E-state index in [0.717, 1.165) is 30.9 Å². The van der Waals surface area contributed by atoms with E-state index in [0.29, 0.717) is 0 Å². The van der Waals surface area contributed by atoms with Gasteiger partial charge in [0.15, 0.2) is 0 Å². The van der Waals surface area contributed by atoms with Crippen molar-refractivity contribution < 1.29 is 4.79 Å². The molecule has 0 saturated carbocycles. The van der Waals surface area contributed by atoms with Crippen LogP contribution in [0.3, 0.4) is 0 Å². The molecule has 1 fully saturated rings. The molecule has 1 amide bonds. The summed E-state index contributed by atoms with van der Waals surface area (Å²) in [7, 11) is 0. The predicted molar refractivity (Wildman–Crippen MR) is 49.8 cm³/mol. The molecule has 0 spiro atoms. The first-order valence-corrected chi connectivity index (χ1v) is 4.67. The zero-order chi connectivity index (χ0) is 8.97. The molecule has 0 bridgehead atoms. The Kier molecular flexibility index (Phi) is 3.32. The van der Waals surface area contributed by atoms with E-state index in [1.165, 1.54) is 6.42 Å². The van der Waals surface area contributed by atoms with Crippen LogP contribution in [-0.2, 0) is 4.79 Å². The number of hydrogen-bond acceptors (Lipinski definition) is 1. The highest BCUT2D eigenvalue weighted by Gasteiger charge is 2.14. The van der Waals surface area contributed by atoms with Crippen molar-refractivity contribution in [3.63, 3.8) is 0 Å². The lowest BCUT2D eigenvalue weighted by Gasteiger charge is -1.99. The summed E-state index contributed by atoms with van der Waals surface area (Å²) < 4.78 is 0. The molecule has 0 aliphatic carbocycles. The lowest BCUT2D eigenvalue weighted by molar-refractivity contribution is -0.116. The third-order valence-corrected chi connectivity index (χ3v) is 2.11. The topological polar surface area (TPSA) is 29.1 Å². The van der Waals surface area contributed by atoms with Crippen molar-refractivity contribution in [2.24, 2.45) is 5.92 Å². The number of hydrogen-bond donors (Lipinski definition) is 1. The average molecular weight is 167 g/mol. The van der Waals surface area contributed by atoms with Crippen molar-refractivity contribution >= 4 is 5.91 Å². The molecule has 2 heteroatoms. The van der Waals surface area contributed by atoms with Gasteiger partial charge in [-0.2, -0.15) is 0 Å². The summed E-state index contributed by atoms with van der Waals surface area (Å²) >= 11 is 0. The van der Waals surface area contributed by atoms with Gasteiger partial charge in [-0.15, -0.1) is 0 Å². The van der Waals surface area contributed by atoms with Crippen LogP contribution in [0.4, 0.5) is 0 Å². The summed E-state index contributed by atoms with van der Waals surface area (Å²) in [5.74, 6) is 0.866. The molecule has 1 heterocycles. The molecule has 2 nitrogen and oxygen atoms in total. The predicted octanol–water partition coefficient (Wildman–Crippen LogP) is 1.87. The molecular weight excluding hydrogens is 150 g/mol. The third kappa shape index (κ3) is 2.68. The van der Waals surface area contributed by atoms with Crippen LogP contribution >= 0.6 is 0 Å². The maximum atomic E-state index is 11.1. The van der Waals surface area contributed by atoms with Crippen LogP contribution in [0.15, 0.2) is 11.6 Å². The summed E-state index contributed by atoms with van der Waals surface area (Å²) in [5, 5.41) is 2.80. The zero-order valence-corrected chi connectivity index (χ0v) is 7.89. The number of allylic oxidation sites excluding steroid dienone is 1. The molecule has 1 saturated heterocycles. The molecular formula is C10H17NO. The van der Waals surface area contributed by atoms with Crippen molar-refractivity contribution in [1.82, 2.24) is 5.32 Å². The fourth-order valence-corrected chi connectivity index (χ4v) is 1.32. The van der Waals surface area contributed by atoms with Gasteiger partial charge >= 0.3 is 0 Å². The van der Waals surface area contributed by atoms with Gasteiger partial charge < -0.3 is 5.32 Å². The monoisotopic (exact) mass is 167 g/mol. The van der Waals surface area contributed by atoms with Crippen LogP contribution in [0.1, 0.15) is 33.1 Å². The second-order valence-electron chi connectivity index (χ2n) is 3.71. The van der Waals surface area contributed by atoms with Gasteiger partial charge in [0, 0.05) is 12.1 Å². The molecule has 0 aromatic rings. The van der Waals surface area contributed by atoms with E-state index in [1.807, 2.05) is 0 Å². The maximum absolute atomic E-state index is 11.1. The fourth-order valence-electron chi connectivity index (χ4n) is 1.32. The molecule has 1 N–H and O–H groups in total. The summed E-state index contributed by atoms with van der Waals surface area (Å²) in [6.07, 6.45) is 5.22. The molecule has 0 radical (unpaired) electrons. The van der Waals surface area contributed by atoms with Crippen LogP contribution in [-0.4, -0.2) is 12.5 Å². The van der Waals surface area contributed by atoms with Gasteiger partial charge in [0.25, 0.3) is 0 Å². The lowest BCUT2D eigenvalue weighted by atomic mass is 10.1. The van der Waals surface area contributed by atoms with Gasteiger partial charge in [-0.1, -0.05) is 19.9 Å². The molecule has 1 rings (SSSR count). The summed E-state index contributed by atoms with van der Waals surface area (Å²) in [5.41, 5.74) is 0.982. The normalized spacial score (nSPS) is 20.6. The molecule has 1 aliphatic heterocycles. The Hall–Kier alpha value is -0.790. The van der Waals surface area contributed by atoms with Crippen LogP contribution < -0.4 is 5.32 Å². The van der Waals surface area contributed by atoms with Crippen LogP contribution in [0.25, 0.3) is 0 Å². The SMILES string of the molecule is CC(C)CC/C=C1\CCNC1=O. The van der Waals surface area contributed by atoms with Gasteiger partial charge in [0.2, 0.25) is 5.91 Å². The molecule has 0 atom stereocenters. The Morgan fingerprint density at radius 3 is 2.83 bits per heavy atom. The smallest absolute Gasteiger partial charge is 0.246 e. The Bertz CT molecular complexity index is 194. The minimum atomic E-state index is 0.138. The van der Waals surface area contributed by atoms with E-state index in [9.17, 15) is 4.79 Å². The van der Waals surface area contributed by atoms with Gasteiger partial charge in [-0.05, 0) is 25.2 Å². The van der Waals surface area contributed by atoms with Gasteiger partial charge in [0.05, 0.1) is 0 Å². The third-order valence-electron chi connectivity index (χ3n) is 2.11. The summed E-state index contributed by atoms with van der Waals surface area (Å²) in [6.45, 7) is 5.23. The molecule has 1 aliphatic rings. The minimum Gasteiger partial charge on any atom is -0.352 e. The summed E-state index contributed by atoms with van der Waals surface area (Å²) in [6, 6.07) is 0. The molecule has 0 unspecified atom stereocenters. The summed E-state index contributed by atoms with van der Waals surface area (Å²) in [4.78, 5) is 11.1. The molecule has 0 aromatic carbocycles. The van der Waals surface area contributed by atoms with Gasteiger partial charge in [-0.25, -0.2) is 0 Å². The van der Waals surface area contributed by atoms with Crippen LogP contribution in [0.5, 0.6) is 0 Å². The van der Waals surface area contributed by atoms with E-state index < -0.39 is 0 Å². The first kappa shape index (κ1) is 9.30. The number of nitrogens with one attached hydrogen (secondary N) is 1. The highest BCUT2D eigenvalue weighted by molar-refractivity contribution is 5.95. The number of amides is 1. The second kappa shape index (κ2) is 4.29. The van der Waals surface area contributed by atoms with Crippen molar-refractivity contribution in [3.8, 4) is 0 Å². The fraction of sp³-hybridized carbons (Fsp3) is 0.700. The van der Waals surface area contributed by atoms with Crippen molar-refractivity contribution in [3.05, 3.63) is 11.6 Å². The number of rotatable bonds is 3. The van der Waals surface area contributed by atoms with E-state index in [4.69, 9.17) is 0 Å². The van der Waals surface area contributed by atoms with Crippen molar-refractivity contribution in [1.29, 1.82) is 0 Å². The Morgan fingerprint density at radius 2 is 2.33 bits per heavy atom. The van der Waals surface area contributed by atoms with Gasteiger partial charge in [0.1, 0.15) is 0 Å². The average Bonchev–Trinajstić information content (AvgIpc) is 2.36. The molecule has 0 aromatic heterocycles. The molecule has 68 valence electrons. The standard InChI is InChI=1S/C10H17NO/c1-8(2)4-3-5-9-6-7-11-10(9)12/h5,8H,3-4,6-7H2,1-2H3,(H,11,12)/b9-5+. The molecule has 12 heavy (non-hydrogen) atoms.